The van der Waals surface area contributed by atoms with Crippen molar-refractivity contribution in [3.05, 3.63) is 64.6 Å². The average molecular weight is 272 g/mol. The number of hydrogen-bond donors (Lipinski definition) is 0. The largest absolute Gasteiger partial charge is 0.287 e. The molecule has 5 heteroatoms. The molecule has 3 rings (SSSR count). The number of aromatic nitrogens is 3. The minimum absolute atomic E-state index is 0.111. The number of halogens is 1. The van der Waals surface area contributed by atoms with Crippen LogP contribution in [0, 0.1) is 6.92 Å². The van der Waals surface area contributed by atoms with Gasteiger partial charge in [0.05, 0.1) is 5.69 Å². The van der Waals surface area contributed by atoms with Crippen molar-refractivity contribution < 1.29 is 4.79 Å². The molecule has 4 nitrogen and oxygen atoms in total. The van der Waals surface area contributed by atoms with Gasteiger partial charge in [-0.2, -0.15) is 5.10 Å². The zero-order valence-corrected chi connectivity index (χ0v) is 10.9. The summed E-state index contributed by atoms with van der Waals surface area (Å²) in [6.45, 7) is 1.79. The van der Waals surface area contributed by atoms with E-state index < -0.39 is 0 Å². The molecular weight excluding hydrogens is 262 g/mol. The fraction of sp³-hybridized carbons (Fsp3) is 0.0714. The van der Waals surface area contributed by atoms with Crippen LogP contribution in [0.15, 0.2) is 42.5 Å². The van der Waals surface area contributed by atoms with Crippen molar-refractivity contribution >= 4 is 23.0 Å². The quantitative estimate of drug-likeness (QED) is 0.673. The maximum Gasteiger partial charge on any atom is 0.213 e. The lowest BCUT2D eigenvalue weighted by Crippen LogP contribution is -2.08. The van der Waals surface area contributed by atoms with Crippen molar-refractivity contribution in [3.8, 4) is 0 Å². The second-order valence-electron chi connectivity index (χ2n) is 4.17. The molecule has 94 valence electrons. The molecule has 0 radical (unpaired) electrons. The third-order valence-electron chi connectivity index (χ3n) is 2.87. The Kier molecular flexibility index (Phi) is 2.80. The van der Waals surface area contributed by atoms with Crippen molar-refractivity contribution in [3.63, 3.8) is 0 Å². The van der Waals surface area contributed by atoms with Gasteiger partial charge in [-0.05, 0) is 19.1 Å². The summed E-state index contributed by atoms with van der Waals surface area (Å²) in [7, 11) is 0. The molecule has 3 aromatic rings. The molecule has 0 aliphatic heterocycles. The zero-order chi connectivity index (χ0) is 13.4. The second kappa shape index (κ2) is 4.48. The van der Waals surface area contributed by atoms with Gasteiger partial charge in [0, 0.05) is 5.56 Å². The summed E-state index contributed by atoms with van der Waals surface area (Å²) in [4.78, 5) is 16.8. The van der Waals surface area contributed by atoms with E-state index in [0.717, 1.165) is 0 Å². The molecule has 0 aliphatic carbocycles. The van der Waals surface area contributed by atoms with Gasteiger partial charge in [0.25, 0.3) is 0 Å². The van der Waals surface area contributed by atoms with E-state index in [4.69, 9.17) is 11.6 Å². The Morgan fingerprint density at radius 2 is 1.89 bits per heavy atom. The minimum atomic E-state index is -0.111. The van der Waals surface area contributed by atoms with E-state index in [0.29, 0.717) is 27.8 Å². The predicted octanol–water partition coefficient (Wildman–Crippen LogP) is 2.92. The molecule has 0 saturated carbocycles. The van der Waals surface area contributed by atoms with Crippen LogP contribution < -0.4 is 0 Å². The Hall–Kier alpha value is -2.20. The molecule has 0 bridgehead atoms. The third-order valence-corrected chi connectivity index (χ3v) is 3.07. The number of imidazole rings is 1. The van der Waals surface area contributed by atoms with Crippen molar-refractivity contribution in [1.82, 2.24) is 14.6 Å². The minimum Gasteiger partial charge on any atom is -0.287 e. The van der Waals surface area contributed by atoms with Crippen LogP contribution in [0.5, 0.6) is 0 Å². The summed E-state index contributed by atoms with van der Waals surface area (Å²) in [6.07, 6.45) is 0. The Morgan fingerprint density at radius 1 is 1.16 bits per heavy atom. The number of hydrogen-bond acceptors (Lipinski definition) is 3. The molecular formula is C14H10ClN3O. The number of aryl methyl sites for hydroxylation is 1. The molecule has 19 heavy (non-hydrogen) atoms. The lowest BCUT2D eigenvalue weighted by atomic mass is 10.1. The van der Waals surface area contributed by atoms with Gasteiger partial charge in [0.2, 0.25) is 5.78 Å². The molecule has 0 atom stereocenters. The summed E-state index contributed by atoms with van der Waals surface area (Å²) in [5, 5.41) is 4.47. The van der Waals surface area contributed by atoms with E-state index in [2.05, 4.69) is 10.1 Å². The predicted molar refractivity (Wildman–Crippen MR) is 72.6 cm³/mol. The van der Waals surface area contributed by atoms with Crippen molar-refractivity contribution in [1.29, 1.82) is 0 Å². The monoisotopic (exact) mass is 271 g/mol. The van der Waals surface area contributed by atoms with Gasteiger partial charge < -0.3 is 0 Å². The van der Waals surface area contributed by atoms with Crippen LogP contribution in [-0.2, 0) is 0 Å². The van der Waals surface area contributed by atoms with Crippen LogP contribution >= 0.6 is 11.6 Å². The second-order valence-corrected chi connectivity index (χ2v) is 4.55. The molecule has 2 aromatic heterocycles. The van der Waals surface area contributed by atoms with Crippen LogP contribution in [0.25, 0.3) is 5.65 Å². The normalized spacial score (nSPS) is 10.8. The summed E-state index contributed by atoms with van der Waals surface area (Å²) in [5.41, 5.74) is 2.31. The lowest BCUT2D eigenvalue weighted by molar-refractivity contribution is 0.103. The first-order valence-electron chi connectivity index (χ1n) is 5.78. The number of ketones is 1. The number of carbonyl (C=O) groups excluding carboxylic acids is 1. The van der Waals surface area contributed by atoms with E-state index in [9.17, 15) is 4.79 Å². The van der Waals surface area contributed by atoms with Gasteiger partial charge >= 0.3 is 0 Å². The highest BCUT2D eigenvalue weighted by Gasteiger charge is 2.19. The van der Waals surface area contributed by atoms with Crippen LogP contribution in [0.3, 0.4) is 0 Å². The smallest absolute Gasteiger partial charge is 0.213 e. The Morgan fingerprint density at radius 3 is 2.63 bits per heavy atom. The first kappa shape index (κ1) is 11.9. The first-order valence-corrected chi connectivity index (χ1v) is 6.16. The molecule has 0 saturated heterocycles. The molecule has 0 spiro atoms. The van der Waals surface area contributed by atoms with Crippen molar-refractivity contribution in [2.75, 3.05) is 0 Å². The molecule has 0 fully saturated rings. The van der Waals surface area contributed by atoms with Crippen LogP contribution in [0.1, 0.15) is 21.7 Å². The van der Waals surface area contributed by atoms with Gasteiger partial charge in [-0.3, -0.25) is 4.79 Å². The third kappa shape index (κ3) is 2.00. The summed E-state index contributed by atoms with van der Waals surface area (Å²) < 4.78 is 1.49. The highest BCUT2D eigenvalue weighted by molar-refractivity contribution is 6.29. The van der Waals surface area contributed by atoms with E-state index >= 15 is 0 Å². The highest BCUT2D eigenvalue weighted by atomic mass is 35.5. The number of rotatable bonds is 2. The fourth-order valence-electron chi connectivity index (χ4n) is 2.01. The van der Waals surface area contributed by atoms with Crippen LogP contribution in [-0.4, -0.2) is 20.4 Å². The molecule has 0 aliphatic rings. The average Bonchev–Trinajstić information content (AvgIpc) is 2.74. The van der Waals surface area contributed by atoms with E-state index in [-0.39, 0.29) is 5.78 Å². The van der Waals surface area contributed by atoms with E-state index in [1.165, 1.54) is 4.52 Å². The molecule has 0 amide bonds. The number of fused-ring (bicyclic) bond motifs is 1. The van der Waals surface area contributed by atoms with Gasteiger partial charge in [-0.15, -0.1) is 0 Å². The van der Waals surface area contributed by atoms with Crippen molar-refractivity contribution in [2.24, 2.45) is 0 Å². The number of carbonyl (C=O) groups is 1. The Balaban J connectivity index is 2.22. The Labute approximate surface area is 114 Å². The van der Waals surface area contributed by atoms with E-state index in [1.54, 1.807) is 31.2 Å². The molecule has 2 heterocycles. The van der Waals surface area contributed by atoms with Gasteiger partial charge in [0.15, 0.2) is 5.65 Å². The van der Waals surface area contributed by atoms with Crippen molar-refractivity contribution in [2.45, 2.75) is 6.92 Å². The summed E-state index contributed by atoms with van der Waals surface area (Å²) in [5.74, 6) is -0.111. The standard InChI is InChI=1S/C14H10ClN3O/c1-9-13(14(19)10-5-3-2-4-6-10)18-12(16-9)8-7-11(15)17-18/h2-8H,1H3. The van der Waals surface area contributed by atoms with Gasteiger partial charge in [-0.1, -0.05) is 41.9 Å². The number of benzene rings is 1. The molecule has 0 unspecified atom stereocenters. The highest BCUT2D eigenvalue weighted by Crippen LogP contribution is 2.17. The van der Waals surface area contributed by atoms with Crippen LogP contribution in [0.2, 0.25) is 5.15 Å². The summed E-state index contributed by atoms with van der Waals surface area (Å²) in [6, 6.07) is 12.5. The van der Waals surface area contributed by atoms with Gasteiger partial charge in [-0.25, -0.2) is 9.50 Å². The SMILES string of the molecule is Cc1nc2ccc(Cl)nn2c1C(=O)c1ccccc1. The van der Waals surface area contributed by atoms with E-state index in [1.807, 2.05) is 18.2 Å². The topological polar surface area (TPSA) is 47.3 Å². The molecule has 1 aromatic carbocycles. The number of nitrogens with zero attached hydrogens (tertiary/aromatic N) is 3. The molecule has 0 N–H and O–H groups in total. The fourth-order valence-corrected chi connectivity index (χ4v) is 2.15. The maximum absolute atomic E-state index is 12.5. The zero-order valence-electron chi connectivity index (χ0n) is 10.2. The maximum atomic E-state index is 12.5. The van der Waals surface area contributed by atoms with Gasteiger partial charge in [0.1, 0.15) is 10.8 Å². The lowest BCUT2D eigenvalue weighted by Gasteiger charge is -2.02. The van der Waals surface area contributed by atoms with Crippen LogP contribution in [0.4, 0.5) is 0 Å². The first-order chi connectivity index (χ1) is 9.16. The Bertz CT molecular complexity index is 765. The summed E-state index contributed by atoms with van der Waals surface area (Å²) >= 11 is 5.88.